The van der Waals surface area contributed by atoms with Gasteiger partial charge in [-0.05, 0) is 5.92 Å². The van der Waals surface area contributed by atoms with Crippen LogP contribution in [0.5, 0.6) is 0 Å². The molecule has 7 heteroatoms. The van der Waals surface area contributed by atoms with Crippen LogP contribution >= 0.6 is 0 Å². The summed E-state index contributed by atoms with van der Waals surface area (Å²) in [4.78, 5) is 22.5. The molecule has 2 amide bonds. The number of nitrogens with zero attached hydrogens (tertiary/aromatic N) is 6. The topological polar surface area (TPSA) is 57.0 Å². The number of carbonyl (C=O) groups is 1. The quantitative estimate of drug-likeness (QED) is 0.845. The van der Waals surface area contributed by atoms with Gasteiger partial charge in [-0.2, -0.15) is 9.61 Å². The van der Waals surface area contributed by atoms with Gasteiger partial charge in [-0.1, -0.05) is 13.8 Å². The van der Waals surface area contributed by atoms with Crippen molar-refractivity contribution in [2.75, 3.05) is 45.2 Å². The molecule has 0 bridgehead atoms. The Bertz CT molecular complexity index is 700. The number of carbonyl (C=O) groups excluding carboxylic acids is 1. The number of fused-ring (bicyclic) bond motifs is 1. The van der Waals surface area contributed by atoms with Gasteiger partial charge in [0.15, 0.2) is 5.65 Å². The maximum Gasteiger partial charge on any atom is 0.319 e. The summed E-state index contributed by atoms with van der Waals surface area (Å²) < 4.78 is 1.88. The molecule has 2 aromatic rings. The molecule has 1 saturated heterocycles. The fourth-order valence-corrected chi connectivity index (χ4v) is 2.85. The van der Waals surface area contributed by atoms with Crippen molar-refractivity contribution in [2.45, 2.75) is 19.8 Å². The maximum atomic E-state index is 12.1. The van der Waals surface area contributed by atoms with Gasteiger partial charge in [0.2, 0.25) is 0 Å². The highest BCUT2D eigenvalue weighted by Gasteiger charge is 2.24. The molecule has 0 spiro atoms. The van der Waals surface area contributed by atoms with Crippen LogP contribution in [-0.4, -0.2) is 70.7 Å². The number of aromatic nitrogens is 3. The molecule has 0 aromatic carbocycles. The Balaban J connectivity index is 1.84. The van der Waals surface area contributed by atoms with Gasteiger partial charge in [0.05, 0.1) is 6.20 Å². The van der Waals surface area contributed by atoms with Gasteiger partial charge >= 0.3 is 6.03 Å². The second-order valence-electron chi connectivity index (χ2n) is 6.45. The second-order valence-corrected chi connectivity index (χ2v) is 6.45. The van der Waals surface area contributed by atoms with Gasteiger partial charge in [-0.15, -0.1) is 0 Å². The van der Waals surface area contributed by atoms with Crippen LogP contribution in [0, 0.1) is 0 Å². The van der Waals surface area contributed by atoms with Crippen molar-refractivity contribution >= 4 is 17.5 Å². The number of piperazine rings is 1. The van der Waals surface area contributed by atoms with Crippen LogP contribution in [0.4, 0.5) is 10.6 Å². The monoisotopic (exact) mass is 316 g/mol. The molecule has 3 rings (SSSR count). The Morgan fingerprint density at radius 1 is 1.22 bits per heavy atom. The zero-order chi connectivity index (χ0) is 16.6. The average Bonchev–Trinajstić information content (AvgIpc) is 3.01. The fraction of sp³-hybridized carbons (Fsp3) is 0.562. The molecule has 0 atom stereocenters. The standard InChI is InChI=1S/C16H24N6O/c1-12(2)13-11-15(22-14(18-13)5-6-17-22)20-7-9-21(10-8-20)16(23)19(3)4/h5-6,11-12H,7-10H2,1-4H3. The van der Waals surface area contributed by atoms with E-state index >= 15 is 0 Å². The van der Waals surface area contributed by atoms with E-state index in [4.69, 9.17) is 0 Å². The van der Waals surface area contributed by atoms with Crippen LogP contribution in [0.2, 0.25) is 0 Å². The summed E-state index contributed by atoms with van der Waals surface area (Å²) in [5.41, 5.74) is 1.94. The predicted molar refractivity (Wildman–Crippen MR) is 89.9 cm³/mol. The Morgan fingerprint density at radius 3 is 2.52 bits per heavy atom. The van der Waals surface area contributed by atoms with Crippen LogP contribution in [-0.2, 0) is 0 Å². The number of amides is 2. The van der Waals surface area contributed by atoms with E-state index in [1.165, 1.54) is 0 Å². The maximum absolute atomic E-state index is 12.1. The Labute approximate surface area is 136 Å². The van der Waals surface area contributed by atoms with Crippen molar-refractivity contribution in [3.63, 3.8) is 0 Å². The van der Waals surface area contributed by atoms with Gasteiger partial charge in [0.1, 0.15) is 5.82 Å². The summed E-state index contributed by atoms with van der Waals surface area (Å²) in [6.45, 7) is 7.34. The molecular formula is C16H24N6O. The van der Waals surface area contributed by atoms with E-state index in [2.05, 4.69) is 34.9 Å². The van der Waals surface area contributed by atoms with Crippen molar-refractivity contribution in [2.24, 2.45) is 0 Å². The second kappa shape index (κ2) is 6.06. The third kappa shape index (κ3) is 2.95. The number of hydrogen-bond donors (Lipinski definition) is 0. The molecule has 124 valence electrons. The largest absolute Gasteiger partial charge is 0.353 e. The van der Waals surface area contributed by atoms with Gasteiger partial charge in [-0.25, -0.2) is 9.78 Å². The van der Waals surface area contributed by atoms with E-state index < -0.39 is 0 Å². The van der Waals surface area contributed by atoms with Gasteiger partial charge in [0.25, 0.3) is 0 Å². The lowest BCUT2D eigenvalue weighted by molar-refractivity contribution is 0.167. The molecule has 0 N–H and O–H groups in total. The van der Waals surface area contributed by atoms with E-state index in [9.17, 15) is 4.79 Å². The summed E-state index contributed by atoms with van der Waals surface area (Å²) in [7, 11) is 3.58. The highest BCUT2D eigenvalue weighted by molar-refractivity contribution is 5.74. The third-order valence-electron chi connectivity index (χ3n) is 4.21. The van der Waals surface area contributed by atoms with Crippen molar-refractivity contribution in [1.82, 2.24) is 24.4 Å². The molecule has 1 aliphatic heterocycles. The molecule has 0 unspecified atom stereocenters. The molecule has 3 heterocycles. The van der Waals surface area contributed by atoms with Crippen molar-refractivity contribution < 1.29 is 4.79 Å². The number of anilines is 1. The summed E-state index contributed by atoms with van der Waals surface area (Å²) >= 11 is 0. The Hall–Kier alpha value is -2.31. The number of hydrogen-bond acceptors (Lipinski definition) is 4. The van der Waals surface area contributed by atoms with Crippen LogP contribution in [0.15, 0.2) is 18.3 Å². The van der Waals surface area contributed by atoms with Crippen molar-refractivity contribution in [3.05, 3.63) is 24.0 Å². The zero-order valence-corrected chi connectivity index (χ0v) is 14.2. The van der Waals surface area contributed by atoms with E-state index in [-0.39, 0.29) is 6.03 Å². The minimum absolute atomic E-state index is 0.0754. The molecule has 0 radical (unpaired) electrons. The summed E-state index contributed by atoms with van der Waals surface area (Å²) in [6.07, 6.45) is 1.78. The molecule has 1 fully saturated rings. The van der Waals surface area contributed by atoms with Crippen LogP contribution in [0.3, 0.4) is 0 Å². The van der Waals surface area contributed by atoms with Gasteiger partial charge in [-0.3, -0.25) is 0 Å². The zero-order valence-electron chi connectivity index (χ0n) is 14.2. The van der Waals surface area contributed by atoms with E-state index in [1.807, 2.05) is 15.5 Å². The number of urea groups is 1. The first-order chi connectivity index (χ1) is 11.0. The molecule has 23 heavy (non-hydrogen) atoms. The molecule has 0 saturated carbocycles. The van der Waals surface area contributed by atoms with E-state index in [1.54, 1.807) is 25.2 Å². The molecular weight excluding hydrogens is 292 g/mol. The van der Waals surface area contributed by atoms with Crippen LogP contribution in [0.1, 0.15) is 25.5 Å². The minimum atomic E-state index is 0.0754. The fourth-order valence-electron chi connectivity index (χ4n) is 2.85. The first-order valence-electron chi connectivity index (χ1n) is 8.03. The summed E-state index contributed by atoms with van der Waals surface area (Å²) in [6, 6.07) is 4.13. The first-order valence-corrected chi connectivity index (χ1v) is 8.03. The highest BCUT2D eigenvalue weighted by Crippen LogP contribution is 2.23. The highest BCUT2D eigenvalue weighted by atomic mass is 16.2. The summed E-state index contributed by atoms with van der Waals surface area (Å²) in [5.74, 6) is 1.42. The smallest absolute Gasteiger partial charge is 0.319 e. The predicted octanol–water partition coefficient (Wildman–Crippen LogP) is 1.66. The molecule has 1 aliphatic rings. The van der Waals surface area contributed by atoms with Crippen LogP contribution in [0.25, 0.3) is 5.65 Å². The minimum Gasteiger partial charge on any atom is -0.353 e. The normalized spacial score (nSPS) is 15.5. The molecule has 2 aromatic heterocycles. The first kappa shape index (κ1) is 15.6. The lowest BCUT2D eigenvalue weighted by Gasteiger charge is -2.37. The Morgan fingerprint density at radius 2 is 1.91 bits per heavy atom. The average molecular weight is 316 g/mol. The van der Waals surface area contributed by atoms with E-state index in [0.29, 0.717) is 5.92 Å². The van der Waals surface area contributed by atoms with Gasteiger partial charge in [0, 0.05) is 58.1 Å². The molecule has 0 aliphatic carbocycles. The Kier molecular flexibility index (Phi) is 4.11. The number of rotatable bonds is 2. The molecule has 7 nitrogen and oxygen atoms in total. The third-order valence-corrected chi connectivity index (χ3v) is 4.21. The lowest BCUT2D eigenvalue weighted by Crippen LogP contribution is -2.51. The van der Waals surface area contributed by atoms with Crippen molar-refractivity contribution in [1.29, 1.82) is 0 Å². The van der Waals surface area contributed by atoms with E-state index in [0.717, 1.165) is 43.3 Å². The lowest BCUT2D eigenvalue weighted by atomic mass is 10.1. The SMILES string of the molecule is CC(C)c1cc(N2CCN(C(=O)N(C)C)CC2)n2nccc2n1. The van der Waals surface area contributed by atoms with Crippen LogP contribution < -0.4 is 4.90 Å². The summed E-state index contributed by atoms with van der Waals surface area (Å²) in [5, 5.41) is 4.40. The van der Waals surface area contributed by atoms with Crippen molar-refractivity contribution in [3.8, 4) is 0 Å². The van der Waals surface area contributed by atoms with Gasteiger partial charge < -0.3 is 14.7 Å².